The van der Waals surface area contributed by atoms with Gasteiger partial charge in [0.05, 0.1) is 6.61 Å². The first-order valence-electron chi connectivity index (χ1n) is 6.30. The zero-order valence-electron chi connectivity index (χ0n) is 11.2. The van der Waals surface area contributed by atoms with Crippen molar-refractivity contribution in [3.8, 4) is 0 Å². The lowest BCUT2D eigenvalue weighted by molar-refractivity contribution is -0.152. The summed E-state index contributed by atoms with van der Waals surface area (Å²) in [5, 5.41) is 0. The zero-order chi connectivity index (χ0) is 13.5. The second kappa shape index (κ2) is 6.94. The molecule has 0 heterocycles. The fourth-order valence-corrected chi connectivity index (χ4v) is 1.80. The van der Waals surface area contributed by atoms with Crippen LogP contribution in [0.5, 0.6) is 0 Å². The van der Waals surface area contributed by atoms with E-state index in [0.717, 1.165) is 5.56 Å². The molecule has 0 aliphatic heterocycles. The molecular formula is C15H20O3. The molecule has 0 aromatic heterocycles. The van der Waals surface area contributed by atoms with Crippen LogP contribution in [0.3, 0.4) is 0 Å². The van der Waals surface area contributed by atoms with Crippen LogP contribution in [0.15, 0.2) is 30.3 Å². The van der Waals surface area contributed by atoms with Crippen LogP contribution in [0, 0.1) is 11.8 Å². The summed E-state index contributed by atoms with van der Waals surface area (Å²) in [5.41, 5.74) is 0.976. The second-order valence-corrected chi connectivity index (χ2v) is 4.55. The van der Waals surface area contributed by atoms with E-state index in [2.05, 4.69) is 0 Å². The molecule has 0 aliphatic rings. The minimum absolute atomic E-state index is 0.0581. The Morgan fingerprint density at radius 1 is 1.17 bits per heavy atom. The van der Waals surface area contributed by atoms with Crippen LogP contribution in [0.25, 0.3) is 0 Å². The monoisotopic (exact) mass is 248 g/mol. The van der Waals surface area contributed by atoms with Gasteiger partial charge in [-0.1, -0.05) is 44.2 Å². The molecule has 1 rings (SSSR count). The Morgan fingerprint density at radius 3 is 2.28 bits per heavy atom. The molecule has 3 nitrogen and oxygen atoms in total. The van der Waals surface area contributed by atoms with Crippen LogP contribution < -0.4 is 0 Å². The van der Waals surface area contributed by atoms with E-state index in [-0.39, 0.29) is 11.7 Å². The maximum atomic E-state index is 12.1. The van der Waals surface area contributed by atoms with Crippen molar-refractivity contribution in [2.24, 2.45) is 11.8 Å². The lowest BCUT2D eigenvalue weighted by Gasteiger charge is -2.16. The normalized spacial score (nSPS) is 12.2. The van der Waals surface area contributed by atoms with Crippen molar-refractivity contribution in [2.75, 3.05) is 6.61 Å². The number of esters is 1. The lowest BCUT2D eigenvalue weighted by Crippen LogP contribution is -2.31. The van der Waals surface area contributed by atoms with Crippen molar-refractivity contribution in [2.45, 2.75) is 27.2 Å². The number of hydrogen-bond acceptors (Lipinski definition) is 3. The fraction of sp³-hybridized carbons (Fsp3) is 0.467. The quantitative estimate of drug-likeness (QED) is 0.574. The third-order valence-electron chi connectivity index (χ3n) is 2.77. The van der Waals surface area contributed by atoms with Crippen molar-refractivity contribution in [3.63, 3.8) is 0 Å². The van der Waals surface area contributed by atoms with Gasteiger partial charge in [-0.05, 0) is 18.9 Å². The van der Waals surface area contributed by atoms with Crippen LogP contribution in [-0.2, 0) is 20.7 Å². The third kappa shape index (κ3) is 3.99. The molecule has 0 unspecified atom stereocenters. The maximum absolute atomic E-state index is 12.1. The molecule has 0 fully saturated rings. The molecule has 0 saturated carbocycles. The minimum atomic E-state index is -0.688. The van der Waals surface area contributed by atoms with E-state index in [4.69, 9.17) is 4.74 Å². The molecule has 3 heteroatoms. The lowest BCUT2D eigenvalue weighted by atomic mass is 9.89. The van der Waals surface area contributed by atoms with Crippen LogP contribution in [-0.4, -0.2) is 18.4 Å². The number of Topliss-reactive ketones (excluding diaryl/α,β-unsaturated/α-hetero) is 1. The van der Waals surface area contributed by atoms with Gasteiger partial charge in [-0.3, -0.25) is 9.59 Å². The van der Waals surface area contributed by atoms with E-state index in [9.17, 15) is 9.59 Å². The molecule has 0 aliphatic carbocycles. The summed E-state index contributed by atoms with van der Waals surface area (Å²) in [6.07, 6.45) is 0.413. The van der Waals surface area contributed by atoms with Gasteiger partial charge in [0, 0.05) is 5.92 Å². The molecule has 1 aromatic carbocycles. The predicted molar refractivity (Wildman–Crippen MR) is 70.1 cm³/mol. The van der Waals surface area contributed by atoms with Gasteiger partial charge < -0.3 is 4.74 Å². The fourth-order valence-electron chi connectivity index (χ4n) is 1.80. The number of benzene rings is 1. The maximum Gasteiger partial charge on any atom is 0.316 e. The first kappa shape index (κ1) is 14.4. The summed E-state index contributed by atoms with van der Waals surface area (Å²) in [4.78, 5) is 23.9. The highest BCUT2D eigenvalue weighted by Gasteiger charge is 2.29. The van der Waals surface area contributed by atoms with Gasteiger partial charge in [0.1, 0.15) is 11.7 Å². The minimum Gasteiger partial charge on any atom is -0.465 e. The number of ketones is 1. The van der Waals surface area contributed by atoms with Gasteiger partial charge in [-0.25, -0.2) is 0 Å². The number of rotatable bonds is 6. The van der Waals surface area contributed by atoms with E-state index in [0.29, 0.717) is 13.0 Å². The average Bonchev–Trinajstić information content (AvgIpc) is 2.36. The highest BCUT2D eigenvalue weighted by atomic mass is 16.5. The molecule has 0 spiro atoms. The van der Waals surface area contributed by atoms with Crippen LogP contribution in [0.2, 0.25) is 0 Å². The van der Waals surface area contributed by atoms with Gasteiger partial charge in [0.15, 0.2) is 0 Å². The summed E-state index contributed by atoms with van der Waals surface area (Å²) in [6.45, 7) is 5.66. The molecular weight excluding hydrogens is 228 g/mol. The molecule has 0 bridgehead atoms. The highest BCUT2D eigenvalue weighted by molar-refractivity contribution is 6.00. The van der Waals surface area contributed by atoms with Crippen molar-refractivity contribution in [3.05, 3.63) is 35.9 Å². The predicted octanol–water partition coefficient (Wildman–Crippen LogP) is 2.63. The van der Waals surface area contributed by atoms with Crippen molar-refractivity contribution < 1.29 is 14.3 Å². The Morgan fingerprint density at radius 2 is 1.78 bits per heavy atom. The Balaban J connectivity index is 2.84. The SMILES string of the molecule is CCOC(=O)[C@H](Cc1ccccc1)C(=O)C(C)C. The summed E-state index contributed by atoms with van der Waals surface area (Å²) in [7, 11) is 0. The Bertz CT molecular complexity index is 395. The molecule has 0 radical (unpaired) electrons. The van der Waals surface area contributed by atoms with E-state index in [1.54, 1.807) is 20.8 Å². The average molecular weight is 248 g/mol. The van der Waals surface area contributed by atoms with Gasteiger partial charge >= 0.3 is 5.97 Å². The van der Waals surface area contributed by atoms with Gasteiger partial charge in [-0.15, -0.1) is 0 Å². The van der Waals surface area contributed by atoms with Crippen molar-refractivity contribution in [1.82, 2.24) is 0 Å². The van der Waals surface area contributed by atoms with Crippen LogP contribution in [0.1, 0.15) is 26.3 Å². The Labute approximate surface area is 108 Å². The van der Waals surface area contributed by atoms with E-state index in [1.165, 1.54) is 0 Å². The van der Waals surface area contributed by atoms with Gasteiger partial charge in [-0.2, -0.15) is 0 Å². The van der Waals surface area contributed by atoms with Gasteiger partial charge in [0.2, 0.25) is 0 Å². The number of carbonyl (C=O) groups excluding carboxylic acids is 2. The van der Waals surface area contributed by atoms with Crippen LogP contribution >= 0.6 is 0 Å². The Hall–Kier alpha value is -1.64. The smallest absolute Gasteiger partial charge is 0.316 e. The Kier molecular flexibility index (Phi) is 5.56. The number of carbonyl (C=O) groups is 2. The molecule has 1 atom stereocenters. The molecule has 98 valence electrons. The highest BCUT2D eigenvalue weighted by Crippen LogP contribution is 2.16. The molecule has 0 N–H and O–H groups in total. The van der Waals surface area contributed by atoms with Crippen molar-refractivity contribution in [1.29, 1.82) is 0 Å². The summed E-state index contributed by atoms with van der Waals surface area (Å²) in [6, 6.07) is 9.54. The summed E-state index contributed by atoms with van der Waals surface area (Å²) in [5.74, 6) is -1.33. The summed E-state index contributed by atoms with van der Waals surface area (Å²) < 4.78 is 4.99. The van der Waals surface area contributed by atoms with Gasteiger partial charge in [0.25, 0.3) is 0 Å². The molecule has 18 heavy (non-hydrogen) atoms. The standard InChI is InChI=1S/C15H20O3/c1-4-18-15(17)13(14(16)11(2)3)10-12-8-6-5-7-9-12/h5-9,11,13H,4,10H2,1-3H3/t13-/m1/s1. The van der Waals surface area contributed by atoms with E-state index in [1.807, 2.05) is 30.3 Å². The number of ether oxygens (including phenoxy) is 1. The summed E-state index contributed by atoms with van der Waals surface area (Å²) >= 11 is 0. The van der Waals surface area contributed by atoms with Crippen LogP contribution in [0.4, 0.5) is 0 Å². The zero-order valence-corrected chi connectivity index (χ0v) is 11.2. The topological polar surface area (TPSA) is 43.4 Å². The number of hydrogen-bond donors (Lipinski definition) is 0. The second-order valence-electron chi connectivity index (χ2n) is 4.55. The van der Waals surface area contributed by atoms with E-state index >= 15 is 0 Å². The third-order valence-corrected chi connectivity index (χ3v) is 2.77. The first-order valence-corrected chi connectivity index (χ1v) is 6.30. The molecule has 1 aromatic rings. The van der Waals surface area contributed by atoms with E-state index < -0.39 is 11.9 Å². The molecule has 0 amide bonds. The van der Waals surface area contributed by atoms with Crippen molar-refractivity contribution >= 4 is 11.8 Å². The first-order chi connectivity index (χ1) is 8.56. The largest absolute Gasteiger partial charge is 0.465 e. The molecule has 0 saturated heterocycles.